The highest BCUT2D eigenvalue weighted by Gasteiger charge is 2.12. The van der Waals surface area contributed by atoms with Gasteiger partial charge in [-0.05, 0) is 48.6 Å². The number of nitrogens with one attached hydrogen (secondary N) is 1. The van der Waals surface area contributed by atoms with E-state index in [-0.39, 0.29) is 11.7 Å². The van der Waals surface area contributed by atoms with Crippen LogP contribution in [-0.2, 0) is 7.05 Å². The lowest BCUT2D eigenvalue weighted by Crippen LogP contribution is -2.21. The van der Waals surface area contributed by atoms with E-state index in [1.54, 1.807) is 42.6 Å². The fourth-order valence-corrected chi connectivity index (χ4v) is 4.34. The van der Waals surface area contributed by atoms with E-state index in [1.807, 2.05) is 42.9 Å². The number of aromatic nitrogens is 2. The average molecular weight is 460 g/mol. The number of allylic oxidation sites excluding steroid dienone is 1. The van der Waals surface area contributed by atoms with Gasteiger partial charge in [0.2, 0.25) is 0 Å². The average Bonchev–Trinajstić information content (AvgIpc) is 3.40. The first-order chi connectivity index (χ1) is 16.0. The van der Waals surface area contributed by atoms with Crippen LogP contribution in [0.1, 0.15) is 17.3 Å². The van der Waals surface area contributed by atoms with Crippen molar-refractivity contribution in [3.05, 3.63) is 100 Å². The number of benzene rings is 2. The Balaban J connectivity index is 1.63. The maximum atomic E-state index is 14.9. The molecule has 0 radical (unpaired) electrons. The molecule has 0 atom stereocenters. The van der Waals surface area contributed by atoms with Crippen LogP contribution < -0.4 is 19.8 Å². The number of halogens is 1. The summed E-state index contributed by atoms with van der Waals surface area (Å²) in [5.74, 6) is 0.446. The summed E-state index contributed by atoms with van der Waals surface area (Å²) in [6.45, 7) is 5.98. The molecule has 0 saturated carbocycles. The van der Waals surface area contributed by atoms with Gasteiger partial charge in [-0.2, -0.15) is 0 Å². The van der Waals surface area contributed by atoms with Crippen LogP contribution in [0, 0.1) is 5.82 Å². The number of carbonyl (C=O) groups excluding carboxylic acids is 1. The lowest BCUT2D eigenvalue weighted by molar-refractivity contribution is 0.102. The van der Waals surface area contributed by atoms with Crippen LogP contribution in [-0.4, -0.2) is 15.5 Å². The Morgan fingerprint density at radius 3 is 2.67 bits per heavy atom. The number of ether oxygens (including phenoxy) is 1. The predicted octanol–water partition coefficient (Wildman–Crippen LogP) is 4.71. The summed E-state index contributed by atoms with van der Waals surface area (Å²) in [5.41, 5.74) is 0.832. The summed E-state index contributed by atoms with van der Waals surface area (Å²) in [7, 11) is 1.92. The summed E-state index contributed by atoms with van der Waals surface area (Å²) in [6, 6.07) is 15.0. The first kappa shape index (κ1) is 22.2. The van der Waals surface area contributed by atoms with Crippen LogP contribution >= 0.6 is 11.3 Å². The zero-order chi connectivity index (χ0) is 23.4. The minimum absolute atomic E-state index is 0.0483. The Morgan fingerprint density at radius 1 is 1.21 bits per heavy atom. The quantitative estimate of drug-likeness (QED) is 0.454. The van der Waals surface area contributed by atoms with Crippen molar-refractivity contribution < 1.29 is 13.9 Å². The van der Waals surface area contributed by atoms with Crippen molar-refractivity contribution in [3.63, 3.8) is 0 Å². The van der Waals surface area contributed by atoms with Crippen molar-refractivity contribution in [3.8, 4) is 16.5 Å². The van der Waals surface area contributed by atoms with Gasteiger partial charge in [-0.25, -0.2) is 9.37 Å². The second kappa shape index (κ2) is 9.67. The third kappa shape index (κ3) is 4.94. The molecule has 0 spiro atoms. The predicted molar refractivity (Wildman–Crippen MR) is 131 cm³/mol. The van der Waals surface area contributed by atoms with Crippen molar-refractivity contribution in [2.45, 2.75) is 6.92 Å². The molecule has 2 aromatic carbocycles. The minimum atomic E-state index is -0.589. The van der Waals surface area contributed by atoms with Gasteiger partial charge in [0.25, 0.3) is 5.91 Å². The van der Waals surface area contributed by atoms with Crippen LogP contribution in [0.15, 0.2) is 79.1 Å². The summed E-state index contributed by atoms with van der Waals surface area (Å²) >= 11 is 1.48. The molecule has 33 heavy (non-hydrogen) atoms. The molecule has 0 unspecified atom stereocenters. The lowest BCUT2D eigenvalue weighted by atomic mass is 10.2. The van der Waals surface area contributed by atoms with E-state index < -0.39 is 5.82 Å². The Kier molecular flexibility index (Phi) is 6.51. The number of nitrogens with zero attached hydrogens (tertiary/aromatic N) is 2. The van der Waals surface area contributed by atoms with E-state index in [0.29, 0.717) is 17.0 Å². The second-order valence-corrected chi connectivity index (χ2v) is 8.31. The molecule has 1 amide bonds. The molecule has 0 bridgehead atoms. The van der Waals surface area contributed by atoms with Gasteiger partial charge in [0.1, 0.15) is 11.6 Å². The Labute approximate surface area is 194 Å². The minimum Gasteiger partial charge on any atom is -0.453 e. The summed E-state index contributed by atoms with van der Waals surface area (Å²) in [4.78, 5) is 17.6. The molecule has 1 N–H and O–H groups in total. The van der Waals surface area contributed by atoms with Gasteiger partial charge in [-0.3, -0.25) is 4.79 Å². The zero-order valence-corrected chi connectivity index (χ0v) is 19.0. The molecule has 0 aliphatic carbocycles. The number of rotatable bonds is 6. The molecular weight excluding hydrogens is 437 g/mol. The van der Waals surface area contributed by atoms with Crippen LogP contribution in [0.3, 0.4) is 0 Å². The van der Waals surface area contributed by atoms with Crippen LogP contribution in [0.4, 0.5) is 10.1 Å². The van der Waals surface area contributed by atoms with Gasteiger partial charge in [0, 0.05) is 36.8 Å². The van der Waals surface area contributed by atoms with Gasteiger partial charge in [0.15, 0.2) is 11.6 Å². The highest BCUT2D eigenvalue weighted by Crippen LogP contribution is 2.25. The fourth-order valence-electron chi connectivity index (χ4n) is 3.23. The van der Waals surface area contributed by atoms with Crippen LogP contribution in [0.2, 0.25) is 0 Å². The van der Waals surface area contributed by atoms with E-state index >= 15 is 0 Å². The highest BCUT2D eigenvalue weighted by atomic mass is 32.1. The molecule has 0 aliphatic rings. The number of anilines is 1. The molecule has 2 heterocycles. The van der Waals surface area contributed by atoms with E-state index in [0.717, 1.165) is 20.5 Å². The van der Waals surface area contributed by atoms with Gasteiger partial charge >= 0.3 is 0 Å². The Bertz CT molecular complexity index is 1440. The van der Waals surface area contributed by atoms with Gasteiger partial charge in [-0.1, -0.05) is 30.9 Å². The molecule has 7 heteroatoms. The molecule has 5 nitrogen and oxygen atoms in total. The number of aryl methyl sites for hydroxylation is 1. The summed E-state index contributed by atoms with van der Waals surface area (Å²) in [5, 5.41) is 3.46. The molecule has 4 rings (SSSR count). The SMILES string of the molecule is C=c1cc(-c2nccn2C)s/c1=C(/C=C\C)Oc1ccc(NC(=O)c2ccccc2)cc1F. The second-order valence-electron chi connectivity index (χ2n) is 7.26. The number of thiophene rings is 1. The van der Waals surface area contributed by atoms with Crippen molar-refractivity contribution in [1.29, 1.82) is 0 Å². The first-order valence-corrected chi connectivity index (χ1v) is 11.0. The normalized spacial score (nSPS) is 12.1. The van der Waals surface area contributed by atoms with Crippen molar-refractivity contribution >= 4 is 35.3 Å². The Hall–Kier alpha value is -3.97. The van der Waals surface area contributed by atoms with Crippen LogP contribution in [0.25, 0.3) is 23.0 Å². The maximum absolute atomic E-state index is 14.9. The van der Waals surface area contributed by atoms with E-state index in [4.69, 9.17) is 4.74 Å². The largest absolute Gasteiger partial charge is 0.453 e. The fraction of sp³-hybridized carbons (Fsp3) is 0.0769. The molecule has 166 valence electrons. The number of hydrogen-bond donors (Lipinski definition) is 1. The molecule has 0 aliphatic heterocycles. The summed E-state index contributed by atoms with van der Waals surface area (Å²) in [6.07, 6.45) is 7.20. The highest BCUT2D eigenvalue weighted by molar-refractivity contribution is 7.13. The molecule has 2 aromatic heterocycles. The molecule has 0 fully saturated rings. The monoisotopic (exact) mass is 459 g/mol. The molecule has 0 saturated heterocycles. The van der Waals surface area contributed by atoms with Gasteiger partial charge in [0.05, 0.1) is 9.41 Å². The number of amides is 1. The zero-order valence-electron chi connectivity index (χ0n) is 18.2. The third-order valence-corrected chi connectivity index (χ3v) is 6.03. The van der Waals surface area contributed by atoms with Crippen molar-refractivity contribution in [2.24, 2.45) is 7.05 Å². The topological polar surface area (TPSA) is 56.1 Å². The number of hydrogen-bond acceptors (Lipinski definition) is 4. The third-order valence-electron chi connectivity index (χ3n) is 4.84. The van der Waals surface area contributed by atoms with E-state index in [2.05, 4.69) is 16.9 Å². The number of carbonyl (C=O) groups is 1. The first-order valence-electron chi connectivity index (χ1n) is 10.2. The smallest absolute Gasteiger partial charge is 0.255 e. The number of imidazole rings is 1. The van der Waals surface area contributed by atoms with E-state index in [9.17, 15) is 9.18 Å². The molecular formula is C26H22FN3O2S. The van der Waals surface area contributed by atoms with Crippen molar-refractivity contribution in [1.82, 2.24) is 9.55 Å². The maximum Gasteiger partial charge on any atom is 0.255 e. The van der Waals surface area contributed by atoms with Crippen LogP contribution in [0.5, 0.6) is 5.75 Å². The molecule has 4 aromatic rings. The van der Waals surface area contributed by atoms with Gasteiger partial charge in [-0.15, -0.1) is 11.3 Å². The van der Waals surface area contributed by atoms with Gasteiger partial charge < -0.3 is 14.6 Å². The van der Waals surface area contributed by atoms with E-state index in [1.165, 1.54) is 23.5 Å². The van der Waals surface area contributed by atoms with Crippen molar-refractivity contribution in [2.75, 3.05) is 5.32 Å². The summed E-state index contributed by atoms with van der Waals surface area (Å²) < 4.78 is 23.5. The Morgan fingerprint density at radius 2 is 2.00 bits per heavy atom. The lowest BCUT2D eigenvalue weighted by Gasteiger charge is -2.10. The standard InChI is InChI=1S/C26H22FN3O2S/c1-4-8-22(24-17(2)15-23(33-24)25-28-13-14-30(25)3)32-21-12-11-19(16-20(21)27)29-26(31)18-9-6-5-7-10-18/h4-16H,2H2,1,3H3,(H,29,31)/b8-4-,24-22-.